The summed E-state index contributed by atoms with van der Waals surface area (Å²) in [5, 5.41) is 51.5. The standard InChI is InChI=1S/6CN.Cr.3H3N/c6*1-2;;;;/h;;;;;;;3*1H3/q;;;;;;-3;;;/p+3. The van der Waals surface area contributed by atoms with Gasteiger partial charge in [0, 0.05) is 0 Å². The van der Waals surface area contributed by atoms with Crippen LogP contribution in [-0.4, -0.2) is 0 Å². The van der Waals surface area contributed by atoms with Gasteiger partial charge in [0.05, 0.1) is 0 Å². The van der Waals surface area contributed by atoms with Crippen molar-refractivity contribution in [1.82, 2.24) is 18.5 Å². The molecule has 0 saturated heterocycles. The fourth-order valence-electron chi connectivity index (χ4n) is 0.306. The molecule has 0 aliphatic rings. The monoisotopic (exact) mass is 262 g/mol. The minimum atomic E-state index is -6.43. The number of hydrogen-bond acceptors (Lipinski definition) is 6. The fraction of sp³-hybridized carbons (Fsp3) is 0. The van der Waals surface area contributed by atoms with Crippen LogP contribution in [0.3, 0.4) is 0 Å². The van der Waals surface area contributed by atoms with E-state index in [2.05, 4.69) is 0 Å². The van der Waals surface area contributed by atoms with E-state index in [4.69, 9.17) is 31.6 Å². The zero-order valence-electron chi connectivity index (χ0n) is 9.09. The summed E-state index contributed by atoms with van der Waals surface area (Å²) < 4.78 is 0. The molecule has 12 N–H and O–H groups in total. The first-order valence-corrected chi connectivity index (χ1v) is 6.39. The van der Waals surface area contributed by atoms with Crippen LogP contribution in [0, 0.1) is 61.2 Å². The maximum Gasteiger partial charge on any atom is -0.369 e. The molecular weight excluding hydrogens is 250 g/mol. The van der Waals surface area contributed by atoms with E-state index in [0.29, 0.717) is 0 Å². The third kappa shape index (κ3) is 1.63. The normalized spacial score (nSPS) is 10.9. The summed E-state index contributed by atoms with van der Waals surface area (Å²) in [6.07, 6.45) is 0. The van der Waals surface area contributed by atoms with Crippen LogP contribution in [-0.2, 0) is 10.9 Å². The molecule has 0 aromatic rings. The zero-order valence-corrected chi connectivity index (χ0v) is 10.4. The molecule has 0 aliphatic heterocycles. The molecule has 0 saturated carbocycles. The largest absolute Gasteiger partial charge is 0.369 e. The first-order valence-electron chi connectivity index (χ1n) is 2.57. The molecule has 0 spiro atoms. The summed E-state index contributed by atoms with van der Waals surface area (Å²) in [5.74, 6) is 0. The van der Waals surface area contributed by atoms with Gasteiger partial charge in [-0.2, -0.15) is 0 Å². The van der Waals surface area contributed by atoms with E-state index in [1.54, 1.807) is 0 Å². The Labute approximate surface area is 91.0 Å². The van der Waals surface area contributed by atoms with Crippen molar-refractivity contribution in [3.05, 3.63) is 0 Å². The van der Waals surface area contributed by atoms with E-state index < -0.39 is 10.9 Å². The first kappa shape index (κ1) is 23.3. The van der Waals surface area contributed by atoms with E-state index in [9.17, 15) is 0 Å². The Morgan fingerprint density at radius 2 is 0.562 bits per heavy atom. The summed E-state index contributed by atoms with van der Waals surface area (Å²) in [6.45, 7) is 0. The van der Waals surface area contributed by atoms with Gasteiger partial charge in [0.15, 0.2) is 0 Å². The molecule has 0 aliphatic carbocycles. The fourth-order valence-corrected chi connectivity index (χ4v) is 1.26. The van der Waals surface area contributed by atoms with Gasteiger partial charge in [-0.05, 0) is 0 Å². The predicted molar refractivity (Wildman–Crippen MR) is 51.6 cm³/mol. The van der Waals surface area contributed by atoms with Crippen molar-refractivity contribution in [2.24, 2.45) is 0 Å². The Morgan fingerprint density at radius 3 is 0.562 bits per heavy atom. The molecule has 0 aromatic carbocycles. The van der Waals surface area contributed by atoms with E-state index in [1.165, 1.54) is 0 Å². The van der Waals surface area contributed by atoms with Crippen molar-refractivity contribution >= 4 is 0 Å². The predicted octanol–water partition coefficient (Wildman–Crippen LogP) is 1.23. The van der Waals surface area contributed by atoms with Gasteiger partial charge < -0.3 is 18.5 Å². The molecule has 0 unspecified atom stereocenters. The van der Waals surface area contributed by atoms with Crippen LogP contribution in [0.5, 0.6) is 0 Å². The molecule has 9 nitrogen and oxygen atoms in total. The Balaban J connectivity index is -0.000000240. The van der Waals surface area contributed by atoms with Gasteiger partial charge in [0.1, 0.15) is 0 Å². The van der Waals surface area contributed by atoms with Crippen LogP contribution < -0.4 is 18.5 Å². The minimum absolute atomic E-state index is 0. The van der Waals surface area contributed by atoms with Gasteiger partial charge in [0.2, 0.25) is 0 Å². The Hall–Kier alpha value is -2.65. The first-order chi connectivity index (χ1) is 5.97. The summed E-state index contributed by atoms with van der Waals surface area (Å²) in [7, 11) is -6.43. The Bertz CT molecular complexity index is 390. The summed E-state index contributed by atoms with van der Waals surface area (Å²) in [4.78, 5) is 6.31. The molecule has 0 heterocycles. The SMILES string of the molecule is N#[C][Cr-3]([C]#N)([C]#N)([C]#N)([C]#N)[C]#N.[NH4+].[NH4+].[NH4+]. The van der Waals surface area contributed by atoms with Crippen LogP contribution in [0.4, 0.5) is 0 Å². The third-order valence-corrected chi connectivity index (χ3v) is 5.65. The quantitative estimate of drug-likeness (QED) is 0.577. The van der Waals surface area contributed by atoms with Crippen molar-refractivity contribution in [3.8, 4) is 29.6 Å². The summed E-state index contributed by atoms with van der Waals surface area (Å²) >= 11 is 0. The number of rotatable bonds is 0. The molecule has 0 rings (SSSR count). The molecule has 0 fully saturated rings. The van der Waals surface area contributed by atoms with Gasteiger partial charge in [-0.15, -0.1) is 0 Å². The molecule has 0 amide bonds. The molecule has 0 atom stereocenters. The van der Waals surface area contributed by atoms with Gasteiger partial charge in [-0.3, -0.25) is 0 Å². The smallest absolute Gasteiger partial charge is 0.369 e. The molecule has 87 valence electrons. The molecule has 0 radical (unpaired) electrons. The van der Waals surface area contributed by atoms with Crippen LogP contribution >= 0.6 is 0 Å². The summed E-state index contributed by atoms with van der Waals surface area (Å²) in [6, 6.07) is 0. The van der Waals surface area contributed by atoms with Crippen molar-refractivity contribution in [3.63, 3.8) is 0 Å². The van der Waals surface area contributed by atoms with Crippen molar-refractivity contribution in [2.45, 2.75) is 0 Å². The average Bonchev–Trinajstić information content (AvgIpc) is 2.26. The topological polar surface area (TPSA) is 252 Å². The zero-order chi connectivity index (χ0) is 10.7. The van der Waals surface area contributed by atoms with Crippen molar-refractivity contribution in [1.29, 1.82) is 31.6 Å². The molecule has 0 bridgehead atoms. The maximum absolute atomic E-state index is 8.59. The van der Waals surface area contributed by atoms with E-state index >= 15 is 0 Å². The number of quaternary nitrogens is 3. The molecule has 0 aromatic heterocycles. The molecule has 10 heteroatoms. The van der Waals surface area contributed by atoms with Crippen LogP contribution in [0.2, 0.25) is 0 Å². The van der Waals surface area contributed by atoms with E-state index in [1.807, 2.05) is 0 Å². The average molecular weight is 262 g/mol. The van der Waals surface area contributed by atoms with Crippen LogP contribution in [0.25, 0.3) is 0 Å². The second-order valence-electron chi connectivity index (χ2n) is 2.08. The van der Waals surface area contributed by atoms with Gasteiger partial charge in [-0.1, -0.05) is 0 Å². The Morgan fingerprint density at radius 1 is 0.438 bits per heavy atom. The number of nitrogens with zero attached hydrogens (tertiary/aromatic N) is 6. The second-order valence-corrected chi connectivity index (χ2v) is 8.57. The molecular formula is C6H12CrN9. The van der Waals surface area contributed by atoms with Gasteiger partial charge >= 0.3 is 72.1 Å². The van der Waals surface area contributed by atoms with E-state index in [-0.39, 0.29) is 18.5 Å². The Kier molecular flexibility index (Phi) is 6.88. The minimum Gasteiger partial charge on any atom is -0.369 e. The third-order valence-electron chi connectivity index (χ3n) is 1.37. The number of hydrogen-bond donors (Lipinski definition) is 3. The van der Waals surface area contributed by atoms with Crippen molar-refractivity contribution < 1.29 is 10.9 Å². The summed E-state index contributed by atoms with van der Waals surface area (Å²) in [5.41, 5.74) is 0. The van der Waals surface area contributed by atoms with Gasteiger partial charge in [0.25, 0.3) is 0 Å². The van der Waals surface area contributed by atoms with E-state index in [0.717, 1.165) is 29.6 Å². The second kappa shape index (κ2) is 4.73. The number of nitriles is 6. The molecule has 16 heavy (non-hydrogen) atoms. The maximum atomic E-state index is 8.59. The van der Waals surface area contributed by atoms with Crippen molar-refractivity contribution in [2.75, 3.05) is 0 Å². The van der Waals surface area contributed by atoms with Crippen LogP contribution in [0.1, 0.15) is 0 Å². The van der Waals surface area contributed by atoms with Gasteiger partial charge in [-0.25, -0.2) is 0 Å². The van der Waals surface area contributed by atoms with Crippen LogP contribution in [0.15, 0.2) is 0 Å².